The van der Waals surface area contributed by atoms with Gasteiger partial charge in [-0.2, -0.15) is 0 Å². The highest BCUT2D eigenvalue weighted by atomic mass is 16.2. The van der Waals surface area contributed by atoms with E-state index in [4.69, 9.17) is 0 Å². The number of hydrogen-bond acceptors (Lipinski definition) is 2. The normalized spacial score (nSPS) is 22.8. The Morgan fingerprint density at radius 2 is 2.37 bits per heavy atom. The lowest BCUT2D eigenvalue weighted by Gasteiger charge is -2.30. The van der Waals surface area contributed by atoms with Gasteiger partial charge in [-0.3, -0.25) is 4.79 Å². The molecule has 104 valence electrons. The van der Waals surface area contributed by atoms with Crippen LogP contribution in [0.2, 0.25) is 0 Å². The quantitative estimate of drug-likeness (QED) is 0.842. The molecule has 0 aromatic heterocycles. The number of carbonyl (C=O) groups is 1. The van der Waals surface area contributed by atoms with E-state index in [1.165, 1.54) is 12.8 Å². The lowest BCUT2D eigenvalue weighted by molar-refractivity contribution is -0.129. The van der Waals surface area contributed by atoms with Crippen LogP contribution < -0.4 is 5.32 Å². The van der Waals surface area contributed by atoms with Crippen LogP contribution in [0.1, 0.15) is 32.6 Å². The topological polar surface area (TPSA) is 32.3 Å². The highest BCUT2D eigenvalue weighted by molar-refractivity contribution is 5.78. The molecule has 1 heterocycles. The molecule has 1 amide bonds. The summed E-state index contributed by atoms with van der Waals surface area (Å²) in [4.78, 5) is 14.2. The molecule has 1 saturated heterocycles. The van der Waals surface area contributed by atoms with E-state index in [1.54, 1.807) is 0 Å². The monoisotopic (exact) mass is 260 g/mol. The van der Waals surface area contributed by atoms with Crippen LogP contribution >= 0.6 is 0 Å². The predicted octanol–water partition coefficient (Wildman–Crippen LogP) is 2.62. The van der Waals surface area contributed by atoms with E-state index in [0.717, 1.165) is 31.8 Å². The first kappa shape index (κ1) is 14.1. The van der Waals surface area contributed by atoms with Crippen molar-refractivity contribution >= 4 is 5.91 Å². The van der Waals surface area contributed by atoms with Gasteiger partial charge < -0.3 is 10.2 Å². The molecule has 0 saturated carbocycles. The summed E-state index contributed by atoms with van der Waals surface area (Å²) in [6, 6.07) is 0. The molecular formula is C16H24N2O. The van der Waals surface area contributed by atoms with Gasteiger partial charge in [0.05, 0.1) is 0 Å². The Morgan fingerprint density at radius 1 is 1.47 bits per heavy atom. The first-order chi connectivity index (χ1) is 9.31. The first-order valence-electron chi connectivity index (χ1n) is 7.35. The summed E-state index contributed by atoms with van der Waals surface area (Å²) in [5, 5.41) is 3.42. The van der Waals surface area contributed by atoms with E-state index < -0.39 is 0 Å². The molecule has 0 aromatic carbocycles. The van der Waals surface area contributed by atoms with Crippen LogP contribution in [0.3, 0.4) is 0 Å². The molecule has 1 unspecified atom stereocenters. The third kappa shape index (κ3) is 4.06. The second-order valence-electron chi connectivity index (χ2n) is 5.22. The van der Waals surface area contributed by atoms with E-state index in [-0.39, 0.29) is 5.91 Å². The Hall–Kier alpha value is -1.35. The summed E-state index contributed by atoms with van der Waals surface area (Å²) in [5.41, 5.74) is 1.06. The van der Waals surface area contributed by atoms with Crippen LogP contribution in [-0.2, 0) is 4.79 Å². The van der Waals surface area contributed by atoms with Crippen LogP contribution in [-0.4, -0.2) is 30.4 Å². The van der Waals surface area contributed by atoms with Crippen LogP contribution in [0, 0.1) is 5.92 Å². The number of carbonyl (C=O) groups excluding carboxylic acids is 1. The summed E-state index contributed by atoms with van der Waals surface area (Å²) in [6.45, 7) is 4.93. The largest absolute Gasteiger partial charge is 0.316 e. The summed E-state index contributed by atoms with van der Waals surface area (Å²) in [7, 11) is 0. The number of nitrogens with zero attached hydrogens (tertiary/aromatic N) is 1. The lowest BCUT2D eigenvalue weighted by Crippen LogP contribution is -2.40. The van der Waals surface area contributed by atoms with E-state index in [0.29, 0.717) is 12.3 Å². The fraction of sp³-hybridized carbons (Fsp3) is 0.562. The average molecular weight is 260 g/mol. The van der Waals surface area contributed by atoms with Gasteiger partial charge in [0.25, 0.3) is 0 Å². The van der Waals surface area contributed by atoms with E-state index >= 15 is 0 Å². The maximum absolute atomic E-state index is 12.2. The fourth-order valence-electron chi connectivity index (χ4n) is 2.65. The molecule has 2 aliphatic rings. The Bertz CT molecular complexity index is 390. The highest BCUT2D eigenvalue weighted by Gasteiger charge is 2.21. The molecule has 2 rings (SSSR count). The number of piperidine rings is 1. The molecular weight excluding hydrogens is 236 g/mol. The van der Waals surface area contributed by atoms with Gasteiger partial charge in [0.1, 0.15) is 0 Å². The van der Waals surface area contributed by atoms with E-state index in [1.807, 2.05) is 30.1 Å². The van der Waals surface area contributed by atoms with Crippen molar-refractivity contribution in [2.45, 2.75) is 32.6 Å². The molecule has 1 atom stereocenters. The molecule has 19 heavy (non-hydrogen) atoms. The Balaban J connectivity index is 2.06. The lowest BCUT2D eigenvalue weighted by atomic mass is 9.98. The minimum Gasteiger partial charge on any atom is -0.316 e. The van der Waals surface area contributed by atoms with Gasteiger partial charge in [0.2, 0.25) is 5.91 Å². The molecule has 1 fully saturated rings. The minimum atomic E-state index is 0.225. The summed E-state index contributed by atoms with van der Waals surface area (Å²) in [6.07, 6.45) is 14.3. The van der Waals surface area contributed by atoms with E-state index in [9.17, 15) is 4.79 Å². The van der Waals surface area contributed by atoms with Crippen molar-refractivity contribution in [3.05, 3.63) is 36.1 Å². The minimum absolute atomic E-state index is 0.225. The second kappa shape index (κ2) is 7.29. The molecule has 1 aliphatic carbocycles. The maximum atomic E-state index is 12.2. The molecule has 1 aliphatic heterocycles. The Morgan fingerprint density at radius 3 is 3.11 bits per heavy atom. The van der Waals surface area contributed by atoms with Gasteiger partial charge in [0.15, 0.2) is 0 Å². The average Bonchev–Trinajstić information content (AvgIpc) is 2.74. The number of allylic oxidation sites excluding steroid dienone is 5. The molecule has 0 spiro atoms. The van der Waals surface area contributed by atoms with Crippen LogP contribution in [0.5, 0.6) is 0 Å². The summed E-state index contributed by atoms with van der Waals surface area (Å²) in [5.74, 6) is 0.804. The zero-order valence-electron chi connectivity index (χ0n) is 11.8. The van der Waals surface area contributed by atoms with Gasteiger partial charge in [-0.05, 0) is 44.3 Å². The first-order valence-corrected chi connectivity index (χ1v) is 7.35. The van der Waals surface area contributed by atoms with Gasteiger partial charge in [-0.15, -0.1) is 0 Å². The molecule has 1 N–H and O–H groups in total. The number of amides is 1. The van der Waals surface area contributed by atoms with Gasteiger partial charge in [-0.25, -0.2) is 0 Å². The Labute approximate surface area is 116 Å². The number of nitrogens with one attached hydrogen (secondary N) is 1. The van der Waals surface area contributed by atoms with Crippen molar-refractivity contribution in [3.8, 4) is 0 Å². The van der Waals surface area contributed by atoms with Crippen LogP contribution in [0.15, 0.2) is 36.1 Å². The van der Waals surface area contributed by atoms with Crippen LogP contribution in [0.4, 0.5) is 0 Å². The predicted molar refractivity (Wildman–Crippen MR) is 78.6 cm³/mol. The van der Waals surface area contributed by atoms with Crippen LogP contribution in [0.25, 0.3) is 0 Å². The zero-order chi connectivity index (χ0) is 13.5. The smallest absolute Gasteiger partial charge is 0.226 e. The maximum Gasteiger partial charge on any atom is 0.226 e. The SMILES string of the molecule is CCC(=O)N(CC1CCCNC1)C1=CCC=CC=C1. The number of rotatable bonds is 4. The van der Waals surface area contributed by atoms with Crippen molar-refractivity contribution in [2.24, 2.45) is 5.92 Å². The van der Waals surface area contributed by atoms with Crippen molar-refractivity contribution < 1.29 is 4.79 Å². The van der Waals surface area contributed by atoms with Gasteiger partial charge in [-0.1, -0.05) is 31.2 Å². The third-order valence-electron chi connectivity index (χ3n) is 3.73. The fourth-order valence-corrected chi connectivity index (χ4v) is 2.65. The Kier molecular flexibility index (Phi) is 5.40. The van der Waals surface area contributed by atoms with Crippen molar-refractivity contribution in [1.29, 1.82) is 0 Å². The second-order valence-corrected chi connectivity index (χ2v) is 5.22. The summed E-state index contributed by atoms with van der Waals surface area (Å²) >= 11 is 0. The van der Waals surface area contributed by atoms with Crippen molar-refractivity contribution in [2.75, 3.05) is 19.6 Å². The molecule has 3 heteroatoms. The summed E-state index contributed by atoms with van der Waals surface area (Å²) < 4.78 is 0. The molecule has 0 aromatic rings. The highest BCUT2D eigenvalue weighted by Crippen LogP contribution is 2.18. The molecule has 0 radical (unpaired) electrons. The molecule has 0 bridgehead atoms. The van der Waals surface area contributed by atoms with Gasteiger partial charge in [0, 0.05) is 18.7 Å². The third-order valence-corrected chi connectivity index (χ3v) is 3.73. The van der Waals surface area contributed by atoms with Gasteiger partial charge >= 0.3 is 0 Å². The standard InChI is InChI=1S/C16H24N2O/c1-2-16(19)18(13-14-8-7-11-17-12-14)15-9-5-3-4-6-10-15/h3-5,9-10,14,17H,2,6-8,11-13H2,1H3. The van der Waals surface area contributed by atoms with E-state index in [2.05, 4.69) is 17.5 Å². The zero-order valence-corrected chi connectivity index (χ0v) is 11.8. The molecule has 3 nitrogen and oxygen atoms in total. The number of hydrogen-bond donors (Lipinski definition) is 1. The van der Waals surface area contributed by atoms with Crippen molar-refractivity contribution in [3.63, 3.8) is 0 Å². The van der Waals surface area contributed by atoms with Crippen molar-refractivity contribution in [1.82, 2.24) is 10.2 Å².